The summed E-state index contributed by atoms with van der Waals surface area (Å²) in [5, 5.41) is 0.605. The maximum atomic E-state index is 12.8. The number of ether oxygens (including phenoxy) is 1. The number of rotatable bonds is 5. The number of carbonyl (C=O) groups excluding carboxylic acids is 2. The van der Waals surface area contributed by atoms with E-state index in [2.05, 4.69) is 10.9 Å². The first kappa shape index (κ1) is 19.5. The molecule has 0 bridgehead atoms. The van der Waals surface area contributed by atoms with Crippen molar-refractivity contribution in [2.45, 2.75) is 12.5 Å². The van der Waals surface area contributed by atoms with Crippen molar-refractivity contribution in [2.24, 2.45) is 0 Å². The third-order valence-electron chi connectivity index (χ3n) is 4.10. The molecule has 0 spiro atoms. The lowest BCUT2D eigenvalue weighted by molar-refractivity contribution is -0.122. The average Bonchev–Trinajstić information content (AvgIpc) is 2.73. The summed E-state index contributed by atoms with van der Waals surface area (Å²) in [7, 11) is 0. The molecular formula is C22H19ClN2O3. The van der Waals surface area contributed by atoms with E-state index in [1.807, 2.05) is 60.7 Å². The molecule has 2 amide bonds. The van der Waals surface area contributed by atoms with Crippen molar-refractivity contribution in [3.05, 3.63) is 107 Å². The largest absolute Gasteiger partial charge is 0.443 e. The van der Waals surface area contributed by atoms with Gasteiger partial charge in [0.1, 0.15) is 6.61 Å². The van der Waals surface area contributed by atoms with E-state index in [0.717, 1.165) is 16.7 Å². The third-order valence-corrected chi connectivity index (χ3v) is 4.35. The standard InChI is InChI=1S/C22H19ClN2O3/c23-19-13-11-16(12-14-19)15-28-22(27)25-24-21(26)20(17-7-3-1-4-8-17)18-9-5-2-6-10-18/h1-14,20H,15H2,(H,24,26)(H,25,27). The van der Waals surface area contributed by atoms with Gasteiger partial charge in [-0.1, -0.05) is 84.4 Å². The minimum atomic E-state index is -0.747. The van der Waals surface area contributed by atoms with Gasteiger partial charge >= 0.3 is 6.09 Å². The number of hydrazine groups is 1. The molecule has 0 atom stereocenters. The summed E-state index contributed by atoms with van der Waals surface area (Å²) in [6, 6.07) is 25.7. The topological polar surface area (TPSA) is 67.4 Å². The second-order valence-electron chi connectivity index (χ2n) is 6.07. The van der Waals surface area contributed by atoms with E-state index in [-0.39, 0.29) is 12.5 Å². The number of hydrogen-bond acceptors (Lipinski definition) is 3. The summed E-state index contributed by atoms with van der Waals surface area (Å²) >= 11 is 5.82. The van der Waals surface area contributed by atoms with E-state index < -0.39 is 12.0 Å². The Bertz CT molecular complexity index is 876. The zero-order valence-corrected chi connectivity index (χ0v) is 15.7. The predicted octanol–water partition coefficient (Wildman–Crippen LogP) is 4.43. The van der Waals surface area contributed by atoms with Gasteiger partial charge in [0, 0.05) is 5.02 Å². The summed E-state index contributed by atoms with van der Waals surface area (Å²) in [6.07, 6.45) is -0.747. The molecule has 0 saturated heterocycles. The van der Waals surface area contributed by atoms with E-state index in [1.54, 1.807) is 24.3 Å². The monoisotopic (exact) mass is 394 g/mol. The van der Waals surface area contributed by atoms with Gasteiger partial charge in [-0.3, -0.25) is 10.2 Å². The maximum absolute atomic E-state index is 12.8. The Morgan fingerprint density at radius 3 is 1.86 bits per heavy atom. The van der Waals surface area contributed by atoms with Crippen LogP contribution in [0.3, 0.4) is 0 Å². The Hall–Kier alpha value is -3.31. The molecule has 3 rings (SSSR count). The lowest BCUT2D eigenvalue weighted by atomic mass is 9.91. The average molecular weight is 395 g/mol. The molecule has 0 aliphatic rings. The summed E-state index contributed by atoms with van der Waals surface area (Å²) in [6.45, 7) is 0.0691. The molecule has 0 heterocycles. The van der Waals surface area contributed by atoms with E-state index in [1.165, 1.54) is 0 Å². The van der Waals surface area contributed by atoms with Crippen molar-refractivity contribution < 1.29 is 14.3 Å². The van der Waals surface area contributed by atoms with Crippen LogP contribution in [-0.2, 0) is 16.1 Å². The van der Waals surface area contributed by atoms with Gasteiger partial charge < -0.3 is 4.74 Å². The van der Waals surface area contributed by atoms with Crippen LogP contribution in [0.1, 0.15) is 22.6 Å². The fourth-order valence-corrected chi connectivity index (χ4v) is 2.86. The summed E-state index contributed by atoms with van der Waals surface area (Å²) < 4.78 is 5.10. The molecule has 0 fully saturated rings. The number of benzene rings is 3. The molecule has 142 valence electrons. The second-order valence-corrected chi connectivity index (χ2v) is 6.51. The second kappa shape index (κ2) is 9.58. The molecule has 0 aliphatic heterocycles. The molecular weight excluding hydrogens is 376 g/mol. The lowest BCUT2D eigenvalue weighted by Gasteiger charge is -2.18. The van der Waals surface area contributed by atoms with E-state index >= 15 is 0 Å². The minimum absolute atomic E-state index is 0.0691. The molecule has 0 radical (unpaired) electrons. The Kier molecular flexibility index (Phi) is 6.65. The van der Waals surface area contributed by atoms with Crippen LogP contribution in [0.4, 0.5) is 4.79 Å². The van der Waals surface area contributed by atoms with Crippen molar-refractivity contribution in [1.29, 1.82) is 0 Å². The van der Waals surface area contributed by atoms with Crippen molar-refractivity contribution in [3.8, 4) is 0 Å². The predicted molar refractivity (Wildman–Crippen MR) is 108 cm³/mol. The Labute approximate surface area is 168 Å². The highest BCUT2D eigenvalue weighted by atomic mass is 35.5. The molecule has 0 saturated carbocycles. The highest BCUT2D eigenvalue weighted by Crippen LogP contribution is 2.24. The van der Waals surface area contributed by atoms with Gasteiger partial charge in [0.05, 0.1) is 5.92 Å². The SMILES string of the molecule is O=C(NNC(=O)C(c1ccccc1)c1ccccc1)OCc1ccc(Cl)cc1. The Morgan fingerprint density at radius 1 is 0.786 bits per heavy atom. The third kappa shape index (κ3) is 5.34. The normalized spacial score (nSPS) is 10.4. The van der Waals surface area contributed by atoms with Crippen LogP contribution in [0.5, 0.6) is 0 Å². The molecule has 2 N–H and O–H groups in total. The van der Waals surface area contributed by atoms with Crippen LogP contribution in [0.25, 0.3) is 0 Å². The molecule has 3 aromatic rings. The van der Waals surface area contributed by atoms with E-state index in [9.17, 15) is 9.59 Å². The highest BCUT2D eigenvalue weighted by molar-refractivity contribution is 6.30. The first-order chi connectivity index (χ1) is 13.6. The fourth-order valence-electron chi connectivity index (χ4n) is 2.74. The van der Waals surface area contributed by atoms with Gasteiger partial charge in [0.25, 0.3) is 0 Å². The molecule has 0 aliphatic carbocycles. The number of carbonyl (C=O) groups is 2. The quantitative estimate of drug-likeness (QED) is 0.629. The van der Waals surface area contributed by atoms with Crippen LogP contribution >= 0.6 is 11.6 Å². The summed E-state index contributed by atoms with van der Waals surface area (Å²) in [4.78, 5) is 24.7. The molecule has 3 aromatic carbocycles. The molecule has 6 heteroatoms. The van der Waals surface area contributed by atoms with E-state index in [0.29, 0.717) is 5.02 Å². The van der Waals surface area contributed by atoms with Crippen LogP contribution in [-0.4, -0.2) is 12.0 Å². The van der Waals surface area contributed by atoms with Crippen LogP contribution in [0.15, 0.2) is 84.9 Å². The van der Waals surface area contributed by atoms with Crippen LogP contribution in [0, 0.1) is 0 Å². The molecule has 5 nitrogen and oxygen atoms in total. The summed E-state index contributed by atoms with van der Waals surface area (Å²) in [5.74, 6) is -0.917. The van der Waals surface area contributed by atoms with Crippen molar-refractivity contribution in [1.82, 2.24) is 10.9 Å². The minimum Gasteiger partial charge on any atom is -0.443 e. The van der Waals surface area contributed by atoms with Crippen LogP contribution in [0.2, 0.25) is 5.02 Å². The number of halogens is 1. The van der Waals surface area contributed by atoms with E-state index in [4.69, 9.17) is 16.3 Å². The van der Waals surface area contributed by atoms with Gasteiger partial charge in [-0.25, -0.2) is 10.2 Å². The number of hydrogen-bond donors (Lipinski definition) is 2. The Morgan fingerprint density at radius 2 is 1.32 bits per heavy atom. The first-order valence-corrected chi connectivity index (χ1v) is 9.08. The van der Waals surface area contributed by atoms with Gasteiger partial charge in [-0.2, -0.15) is 0 Å². The van der Waals surface area contributed by atoms with Crippen molar-refractivity contribution in [3.63, 3.8) is 0 Å². The zero-order valence-electron chi connectivity index (χ0n) is 15.0. The molecule has 0 aromatic heterocycles. The van der Waals surface area contributed by atoms with Gasteiger partial charge in [0.2, 0.25) is 5.91 Å². The fraction of sp³-hybridized carbons (Fsp3) is 0.0909. The van der Waals surface area contributed by atoms with Crippen molar-refractivity contribution >= 4 is 23.6 Å². The first-order valence-electron chi connectivity index (χ1n) is 8.70. The van der Waals surface area contributed by atoms with Crippen molar-refractivity contribution in [2.75, 3.05) is 0 Å². The number of nitrogens with one attached hydrogen (secondary N) is 2. The lowest BCUT2D eigenvalue weighted by Crippen LogP contribution is -2.44. The Balaban J connectivity index is 1.60. The zero-order chi connectivity index (χ0) is 19.8. The van der Waals surface area contributed by atoms with Gasteiger partial charge in [0.15, 0.2) is 0 Å². The number of amides is 2. The molecule has 0 unspecified atom stereocenters. The van der Waals surface area contributed by atoms with Crippen LogP contribution < -0.4 is 10.9 Å². The molecule has 28 heavy (non-hydrogen) atoms. The highest BCUT2D eigenvalue weighted by Gasteiger charge is 2.23. The summed E-state index contributed by atoms with van der Waals surface area (Å²) in [5.41, 5.74) is 7.17. The van der Waals surface area contributed by atoms with Gasteiger partial charge in [-0.05, 0) is 28.8 Å². The maximum Gasteiger partial charge on any atom is 0.426 e. The van der Waals surface area contributed by atoms with Gasteiger partial charge in [-0.15, -0.1) is 0 Å². The smallest absolute Gasteiger partial charge is 0.426 e.